The molecule has 0 aliphatic rings. The van der Waals surface area contributed by atoms with Crippen molar-refractivity contribution in [3.8, 4) is 0 Å². The number of carboxylic acid groups (broad SMARTS) is 1. The zero-order chi connectivity index (χ0) is 14.2. The number of aromatic nitrogens is 1. The van der Waals surface area contributed by atoms with Crippen LogP contribution in [0.4, 0.5) is 0 Å². The lowest BCUT2D eigenvalue weighted by molar-refractivity contribution is -0.118. The van der Waals surface area contributed by atoms with E-state index in [-0.39, 0.29) is 22.6 Å². The summed E-state index contributed by atoms with van der Waals surface area (Å²) >= 11 is 5.99. The van der Waals surface area contributed by atoms with Crippen molar-refractivity contribution in [3.63, 3.8) is 0 Å². The van der Waals surface area contributed by atoms with Crippen LogP contribution in [0.15, 0.2) is 29.1 Å². The van der Waals surface area contributed by atoms with Crippen LogP contribution in [-0.4, -0.2) is 21.6 Å². The molecule has 0 saturated heterocycles. The molecular weight excluding hydrogens is 272 g/mol. The number of halogens is 1. The second-order valence-electron chi connectivity index (χ2n) is 3.93. The Labute approximate surface area is 112 Å². The van der Waals surface area contributed by atoms with E-state index >= 15 is 0 Å². The Bertz CT molecular complexity index is 751. The molecule has 1 amide bonds. The van der Waals surface area contributed by atoms with Crippen LogP contribution in [-0.2, 0) is 11.3 Å². The quantitative estimate of drug-likeness (QED) is 0.869. The van der Waals surface area contributed by atoms with Crippen molar-refractivity contribution in [1.82, 2.24) is 4.57 Å². The normalized spacial score (nSPS) is 10.6. The number of benzene rings is 1. The maximum atomic E-state index is 11.7. The smallest absolute Gasteiger partial charge is 0.335 e. The zero-order valence-electron chi connectivity index (χ0n) is 9.59. The van der Waals surface area contributed by atoms with Crippen LogP contribution >= 0.6 is 11.6 Å². The Morgan fingerprint density at radius 3 is 2.58 bits per heavy atom. The summed E-state index contributed by atoms with van der Waals surface area (Å²) in [4.78, 5) is 33.6. The van der Waals surface area contributed by atoms with E-state index in [1.165, 1.54) is 24.3 Å². The van der Waals surface area contributed by atoms with Crippen LogP contribution in [0.2, 0.25) is 5.02 Å². The highest BCUT2D eigenvalue weighted by Gasteiger charge is 2.13. The maximum absolute atomic E-state index is 11.7. The molecule has 1 aromatic carbocycles. The monoisotopic (exact) mass is 280 g/mol. The Balaban J connectivity index is 2.82. The molecule has 0 aliphatic carbocycles. The van der Waals surface area contributed by atoms with Crippen LogP contribution in [0.25, 0.3) is 10.9 Å². The first-order valence-electron chi connectivity index (χ1n) is 5.25. The van der Waals surface area contributed by atoms with E-state index in [1.807, 2.05) is 0 Å². The number of nitrogens with zero attached hydrogens (tertiary/aromatic N) is 1. The van der Waals surface area contributed by atoms with Crippen LogP contribution in [0.5, 0.6) is 0 Å². The number of nitrogens with two attached hydrogens (primary N) is 1. The average molecular weight is 281 g/mol. The third kappa shape index (κ3) is 2.43. The molecule has 2 rings (SSSR count). The van der Waals surface area contributed by atoms with E-state index in [0.29, 0.717) is 5.39 Å². The summed E-state index contributed by atoms with van der Waals surface area (Å²) in [6.45, 7) is -0.317. The molecule has 0 aliphatic heterocycles. The van der Waals surface area contributed by atoms with Gasteiger partial charge in [-0.2, -0.15) is 0 Å². The summed E-state index contributed by atoms with van der Waals surface area (Å²) in [5.74, 6) is -1.82. The lowest BCUT2D eigenvalue weighted by atomic mass is 10.1. The van der Waals surface area contributed by atoms with E-state index in [4.69, 9.17) is 22.4 Å². The first-order valence-corrected chi connectivity index (χ1v) is 5.62. The van der Waals surface area contributed by atoms with Crippen molar-refractivity contribution in [2.45, 2.75) is 6.54 Å². The number of carboxylic acids is 1. The standard InChI is InChI=1S/C12H9ClN2O4/c13-8-4-7(12(18)19)3-6-1-2-10(17)15(11(6)8)5-9(14)16/h1-4H,5H2,(H2,14,16)(H,18,19). The fourth-order valence-electron chi connectivity index (χ4n) is 1.83. The summed E-state index contributed by atoms with van der Waals surface area (Å²) < 4.78 is 1.12. The number of fused-ring (bicyclic) bond motifs is 1. The second kappa shape index (κ2) is 4.74. The van der Waals surface area contributed by atoms with Gasteiger partial charge < -0.3 is 10.8 Å². The van der Waals surface area contributed by atoms with Gasteiger partial charge in [0.05, 0.1) is 16.1 Å². The van der Waals surface area contributed by atoms with Crippen LogP contribution in [0.1, 0.15) is 10.4 Å². The van der Waals surface area contributed by atoms with Crippen molar-refractivity contribution >= 4 is 34.4 Å². The highest BCUT2D eigenvalue weighted by Crippen LogP contribution is 2.24. The molecule has 0 spiro atoms. The van der Waals surface area contributed by atoms with Gasteiger partial charge in [0, 0.05) is 11.5 Å². The third-order valence-electron chi connectivity index (χ3n) is 2.60. The average Bonchev–Trinajstić information content (AvgIpc) is 2.31. The number of primary amides is 1. The maximum Gasteiger partial charge on any atom is 0.335 e. The van der Waals surface area contributed by atoms with E-state index in [2.05, 4.69) is 0 Å². The van der Waals surface area contributed by atoms with Crippen LogP contribution in [0.3, 0.4) is 0 Å². The SMILES string of the molecule is NC(=O)Cn1c(=O)ccc2cc(C(=O)O)cc(Cl)c21. The van der Waals surface area contributed by atoms with Gasteiger partial charge in [-0.3, -0.25) is 14.2 Å². The molecule has 6 nitrogen and oxygen atoms in total. The van der Waals surface area contributed by atoms with Crippen LogP contribution in [0, 0.1) is 0 Å². The molecule has 98 valence electrons. The number of pyridine rings is 1. The summed E-state index contributed by atoms with van der Waals surface area (Å²) in [5, 5.41) is 9.46. The van der Waals surface area contributed by atoms with E-state index in [9.17, 15) is 14.4 Å². The first kappa shape index (κ1) is 13.1. The van der Waals surface area contributed by atoms with Gasteiger partial charge in [0.15, 0.2) is 0 Å². The molecule has 3 N–H and O–H groups in total. The Kier molecular flexibility index (Phi) is 3.26. The molecule has 0 fully saturated rings. The minimum absolute atomic E-state index is 0.00164. The van der Waals surface area contributed by atoms with Crippen molar-refractivity contribution in [2.75, 3.05) is 0 Å². The molecule has 7 heteroatoms. The largest absolute Gasteiger partial charge is 0.478 e. The van der Waals surface area contributed by atoms with Gasteiger partial charge in [0.2, 0.25) is 5.91 Å². The molecule has 2 aromatic rings. The highest BCUT2D eigenvalue weighted by atomic mass is 35.5. The molecule has 0 saturated carbocycles. The van der Waals surface area contributed by atoms with Gasteiger partial charge in [-0.05, 0) is 18.2 Å². The Morgan fingerprint density at radius 1 is 1.32 bits per heavy atom. The van der Waals surface area contributed by atoms with Crippen molar-refractivity contribution < 1.29 is 14.7 Å². The summed E-state index contributed by atoms with van der Waals surface area (Å²) in [7, 11) is 0. The fraction of sp³-hybridized carbons (Fsp3) is 0.0833. The molecule has 0 bridgehead atoms. The first-order chi connectivity index (χ1) is 8.90. The number of rotatable bonds is 3. The predicted molar refractivity (Wildman–Crippen MR) is 69.4 cm³/mol. The molecule has 19 heavy (non-hydrogen) atoms. The molecule has 0 atom stereocenters. The van der Waals surface area contributed by atoms with E-state index in [0.717, 1.165) is 4.57 Å². The number of carbonyl (C=O) groups excluding carboxylic acids is 1. The van der Waals surface area contributed by atoms with Crippen molar-refractivity contribution in [1.29, 1.82) is 0 Å². The van der Waals surface area contributed by atoms with Crippen LogP contribution < -0.4 is 11.3 Å². The van der Waals surface area contributed by atoms with E-state index in [1.54, 1.807) is 0 Å². The number of hydrogen-bond acceptors (Lipinski definition) is 3. The molecule has 1 heterocycles. The minimum Gasteiger partial charge on any atom is -0.478 e. The van der Waals surface area contributed by atoms with Gasteiger partial charge in [0.1, 0.15) is 6.54 Å². The van der Waals surface area contributed by atoms with Crippen molar-refractivity contribution in [3.05, 3.63) is 45.2 Å². The van der Waals surface area contributed by atoms with Gasteiger partial charge >= 0.3 is 5.97 Å². The minimum atomic E-state index is -1.13. The Morgan fingerprint density at radius 2 is 2.00 bits per heavy atom. The molecular formula is C12H9ClN2O4. The summed E-state index contributed by atoms with van der Waals surface area (Å²) in [6, 6.07) is 5.28. The topological polar surface area (TPSA) is 102 Å². The summed E-state index contributed by atoms with van der Waals surface area (Å²) in [5.41, 5.74) is 4.93. The van der Waals surface area contributed by atoms with Gasteiger partial charge in [-0.15, -0.1) is 0 Å². The second-order valence-corrected chi connectivity index (χ2v) is 4.33. The summed E-state index contributed by atoms with van der Waals surface area (Å²) in [6.07, 6.45) is 0. The lowest BCUT2D eigenvalue weighted by Gasteiger charge is -2.10. The third-order valence-corrected chi connectivity index (χ3v) is 2.88. The number of hydrogen-bond donors (Lipinski definition) is 2. The van der Waals surface area contributed by atoms with Crippen molar-refractivity contribution in [2.24, 2.45) is 5.73 Å². The number of amides is 1. The molecule has 0 unspecified atom stereocenters. The highest BCUT2D eigenvalue weighted by molar-refractivity contribution is 6.35. The molecule has 1 aromatic heterocycles. The Hall–Kier alpha value is -2.34. The fourth-order valence-corrected chi connectivity index (χ4v) is 2.16. The van der Waals surface area contributed by atoms with Gasteiger partial charge in [-0.25, -0.2) is 4.79 Å². The number of aromatic carboxylic acids is 1. The lowest BCUT2D eigenvalue weighted by Crippen LogP contribution is -2.27. The molecule has 0 radical (unpaired) electrons. The van der Waals surface area contributed by atoms with E-state index < -0.39 is 17.4 Å². The number of carbonyl (C=O) groups is 2. The van der Waals surface area contributed by atoms with Gasteiger partial charge in [-0.1, -0.05) is 11.6 Å². The van der Waals surface area contributed by atoms with Gasteiger partial charge in [0.25, 0.3) is 5.56 Å². The predicted octanol–water partition coefficient (Wildman–Crippen LogP) is 0.838. The zero-order valence-corrected chi connectivity index (χ0v) is 10.3.